The second-order valence-electron chi connectivity index (χ2n) is 5.44. The molecule has 1 fully saturated rings. The van der Waals surface area contributed by atoms with E-state index >= 15 is 0 Å². The molecule has 3 rings (SSSR count). The van der Waals surface area contributed by atoms with Crippen LogP contribution < -0.4 is 5.32 Å². The first-order valence-electron chi connectivity index (χ1n) is 6.87. The van der Waals surface area contributed by atoms with Crippen molar-refractivity contribution in [2.24, 2.45) is 0 Å². The van der Waals surface area contributed by atoms with E-state index in [1.807, 2.05) is 11.3 Å². The first-order chi connectivity index (χ1) is 9.22. The summed E-state index contributed by atoms with van der Waals surface area (Å²) in [6, 6.07) is 2.75. The van der Waals surface area contributed by atoms with E-state index in [4.69, 9.17) is 9.47 Å². The highest BCUT2D eigenvalue weighted by molar-refractivity contribution is 9.11. The van der Waals surface area contributed by atoms with Crippen molar-refractivity contribution in [3.05, 3.63) is 20.3 Å². The van der Waals surface area contributed by atoms with Crippen LogP contribution in [0.4, 0.5) is 0 Å². The molecule has 1 aromatic heterocycles. The van der Waals surface area contributed by atoms with Gasteiger partial charge in [0.15, 0.2) is 0 Å². The number of aryl methyl sites for hydroxylation is 1. The Balaban J connectivity index is 1.67. The van der Waals surface area contributed by atoms with Gasteiger partial charge in [0.25, 0.3) is 0 Å². The fourth-order valence-electron chi connectivity index (χ4n) is 3.00. The van der Waals surface area contributed by atoms with Gasteiger partial charge in [-0.15, -0.1) is 11.3 Å². The third kappa shape index (κ3) is 2.90. The van der Waals surface area contributed by atoms with Crippen molar-refractivity contribution in [3.63, 3.8) is 0 Å². The van der Waals surface area contributed by atoms with Gasteiger partial charge in [-0.1, -0.05) is 0 Å². The lowest BCUT2D eigenvalue weighted by molar-refractivity contribution is -0.0178. The number of fused-ring (bicyclic) bond motifs is 1. The maximum absolute atomic E-state index is 5.69. The van der Waals surface area contributed by atoms with Crippen molar-refractivity contribution >= 4 is 27.3 Å². The topological polar surface area (TPSA) is 30.5 Å². The van der Waals surface area contributed by atoms with Crippen molar-refractivity contribution in [2.45, 2.75) is 37.3 Å². The number of ether oxygens (including phenoxy) is 2. The van der Waals surface area contributed by atoms with Crippen LogP contribution in [0, 0.1) is 0 Å². The van der Waals surface area contributed by atoms with Gasteiger partial charge in [0.1, 0.15) is 5.60 Å². The summed E-state index contributed by atoms with van der Waals surface area (Å²) >= 11 is 5.49. The smallest absolute Gasteiger partial charge is 0.106 e. The number of thiophene rings is 1. The summed E-state index contributed by atoms with van der Waals surface area (Å²) in [6.45, 7) is 2.40. The Morgan fingerprint density at radius 1 is 1.63 bits per heavy atom. The van der Waals surface area contributed by atoms with Crippen LogP contribution in [-0.2, 0) is 15.9 Å². The molecule has 1 aliphatic carbocycles. The minimum absolute atomic E-state index is 0.120. The molecule has 2 atom stereocenters. The van der Waals surface area contributed by atoms with Crippen LogP contribution in [0.3, 0.4) is 0 Å². The molecule has 0 bridgehead atoms. The summed E-state index contributed by atoms with van der Waals surface area (Å²) in [7, 11) is 1.80. The van der Waals surface area contributed by atoms with E-state index in [0.29, 0.717) is 12.6 Å². The van der Waals surface area contributed by atoms with Gasteiger partial charge in [-0.25, -0.2) is 0 Å². The molecular formula is C14H20BrNO2S. The van der Waals surface area contributed by atoms with Crippen LogP contribution in [0.1, 0.15) is 35.7 Å². The second-order valence-corrected chi connectivity index (χ2v) is 7.96. The molecule has 1 saturated heterocycles. The fraction of sp³-hybridized carbons (Fsp3) is 0.714. The van der Waals surface area contributed by atoms with E-state index in [-0.39, 0.29) is 5.60 Å². The Hall–Kier alpha value is 0.0600. The highest BCUT2D eigenvalue weighted by atomic mass is 79.9. The molecule has 0 saturated carbocycles. The van der Waals surface area contributed by atoms with Crippen molar-refractivity contribution in [1.82, 2.24) is 5.32 Å². The number of hydrogen-bond acceptors (Lipinski definition) is 4. The molecule has 2 aliphatic rings. The zero-order valence-electron chi connectivity index (χ0n) is 11.2. The van der Waals surface area contributed by atoms with E-state index in [0.717, 1.165) is 19.6 Å². The fourth-order valence-corrected chi connectivity index (χ4v) is 4.82. The van der Waals surface area contributed by atoms with Crippen molar-refractivity contribution in [3.8, 4) is 0 Å². The van der Waals surface area contributed by atoms with Gasteiger partial charge in [-0.05, 0) is 46.8 Å². The molecule has 1 aliphatic heterocycles. The Bertz CT molecular complexity index is 443. The number of methoxy groups -OCH3 is 1. The van der Waals surface area contributed by atoms with Crippen molar-refractivity contribution < 1.29 is 9.47 Å². The molecule has 0 spiro atoms. The van der Waals surface area contributed by atoms with E-state index in [9.17, 15) is 0 Å². The molecule has 0 aromatic carbocycles. The Labute approximate surface area is 126 Å². The summed E-state index contributed by atoms with van der Waals surface area (Å²) in [6.07, 6.45) is 4.71. The lowest BCUT2D eigenvalue weighted by Crippen LogP contribution is -2.44. The first-order valence-corrected chi connectivity index (χ1v) is 8.48. The summed E-state index contributed by atoms with van der Waals surface area (Å²) < 4.78 is 12.4. The lowest BCUT2D eigenvalue weighted by atomic mass is 9.93. The minimum Gasteiger partial charge on any atom is -0.378 e. The lowest BCUT2D eigenvalue weighted by Gasteiger charge is -2.31. The maximum Gasteiger partial charge on any atom is 0.106 e. The van der Waals surface area contributed by atoms with Crippen LogP contribution in [0.5, 0.6) is 0 Å². The summed E-state index contributed by atoms with van der Waals surface area (Å²) in [5.74, 6) is 0. The van der Waals surface area contributed by atoms with Crippen LogP contribution in [-0.4, -0.2) is 32.5 Å². The van der Waals surface area contributed by atoms with E-state index in [1.54, 1.807) is 7.11 Å². The van der Waals surface area contributed by atoms with Gasteiger partial charge in [0, 0.05) is 37.6 Å². The largest absolute Gasteiger partial charge is 0.378 e. The van der Waals surface area contributed by atoms with Crippen molar-refractivity contribution in [1.29, 1.82) is 0 Å². The third-order valence-electron chi connectivity index (χ3n) is 4.25. The van der Waals surface area contributed by atoms with Gasteiger partial charge in [-0.3, -0.25) is 0 Å². The monoisotopic (exact) mass is 345 g/mol. The normalized spacial score (nSPS) is 30.5. The molecule has 106 valence electrons. The SMILES string of the molecule is COC1(CNC2CCCc3sc(Br)cc32)CCOC1. The summed E-state index contributed by atoms with van der Waals surface area (Å²) in [5.41, 5.74) is 1.36. The molecule has 19 heavy (non-hydrogen) atoms. The van der Waals surface area contributed by atoms with E-state index in [1.165, 1.54) is 33.5 Å². The Morgan fingerprint density at radius 2 is 2.53 bits per heavy atom. The summed E-state index contributed by atoms with van der Waals surface area (Å²) in [4.78, 5) is 1.53. The number of rotatable bonds is 4. The predicted molar refractivity (Wildman–Crippen MR) is 80.9 cm³/mol. The van der Waals surface area contributed by atoms with E-state index in [2.05, 4.69) is 27.3 Å². The van der Waals surface area contributed by atoms with Crippen LogP contribution in [0.25, 0.3) is 0 Å². The molecule has 0 radical (unpaired) electrons. The van der Waals surface area contributed by atoms with Gasteiger partial charge in [0.2, 0.25) is 0 Å². The minimum atomic E-state index is -0.120. The van der Waals surface area contributed by atoms with Gasteiger partial charge < -0.3 is 14.8 Å². The molecule has 0 amide bonds. The molecule has 1 N–H and O–H groups in total. The van der Waals surface area contributed by atoms with Gasteiger partial charge in [-0.2, -0.15) is 0 Å². The Kier molecular flexibility index (Phi) is 4.29. The highest BCUT2D eigenvalue weighted by Gasteiger charge is 2.36. The average Bonchev–Trinajstić information content (AvgIpc) is 3.02. The summed E-state index contributed by atoms with van der Waals surface area (Å²) in [5, 5.41) is 3.71. The van der Waals surface area contributed by atoms with Crippen LogP contribution in [0.15, 0.2) is 9.85 Å². The number of nitrogens with one attached hydrogen (secondary N) is 1. The quantitative estimate of drug-likeness (QED) is 0.908. The van der Waals surface area contributed by atoms with Crippen LogP contribution in [0.2, 0.25) is 0 Å². The molecule has 2 unspecified atom stereocenters. The number of halogens is 1. The zero-order valence-corrected chi connectivity index (χ0v) is 13.6. The molecule has 3 nitrogen and oxygen atoms in total. The van der Waals surface area contributed by atoms with Gasteiger partial charge in [0.05, 0.1) is 10.4 Å². The molecule has 2 heterocycles. The first kappa shape index (κ1) is 14.0. The third-order valence-corrected chi connectivity index (χ3v) is 5.97. The van der Waals surface area contributed by atoms with Crippen molar-refractivity contribution in [2.75, 3.05) is 26.9 Å². The maximum atomic E-state index is 5.69. The predicted octanol–water partition coefficient (Wildman–Crippen LogP) is 3.28. The standard InChI is InChI=1S/C14H20BrNO2S/c1-17-14(5-6-18-9-14)8-16-11-3-2-4-12-10(11)7-13(15)19-12/h7,11,16H,2-6,8-9H2,1H3. The zero-order chi connectivity index (χ0) is 13.3. The number of hydrogen-bond donors (Lipinski definition) is 1. The average molecular weight is 346 g/mol. The molecule has 5 heteroatoms. The van der Waals surface area contributed by atoms with Gasteiger partial charge >= 0.3 is 0 Å². The Morgan fingerprint density at radius 3 is 3.26 bits per heavy atom. The van der Waals surface area contributed by atoms with E-state index < -0.39 is 0 Å². The van der Waals surface area contributed by atoms with Crippen LogP contribution >= 0.6 is 27.3 Å². The molecular weight excluding hydrogens is 326 g/mol. The second kappa shape index (κ2) is 5.82. The molecule has 1 aromatic rings. The highest BCUT2D eigenvalue weighted by Crippen LogP contribution is 2.38.